The lowest BCUT2D eigenvalue weighted by Crippen LogP contribution is -2.30. The van der Waals surface area contributed by atoms with Gasteiger partial charge in [-0.25, -0.2) is 4.79 Å². The molecule has 0 rings (SSSR count). The molecule has 2 atom stereocenters. The molecule has 0 spiro atoms. The molecule has 126 valence electrons. The molecular weight excluding hydrogens is 286 g/mol. The molecule has 22 heavy (non-hydrogen) atoms. The number of carbonyl (C=O) groups excluding carboxylic acids is 1. The maximum atomic E-state index is 10.8. The number of methoxy groups -OCH3 is 1. The van der Waals surface area contributed by atoms with Crippen LogP contribution in [0, 0.1) is 10.1 Å². The predicted molar refractivity (Wildman–Crippen MR) is 85.1 cm³/mol. The summed E-state index contributed by atoms with van der Waals surface area (Å²) in [6.45, 7) is 1.43. The smallest absolute Gasteiger partial charge is 0.330 e. The van der Waals surface area contributed by atoms with Crippen molar-refractivity contribution in [2.75, 3.05) is 7.11 Å². The van der Waals surface area contributed by atoms with Crippen LogP contribution in [0.2, 0.25) is 0 Å². The number of carbonyl (C=O) groups is 1. The van der Waals surface area contributed by atoms with Crippen molar-refractivity contribution in [2.45, 2.75) is 64.0 Å². The molecule has 6 nitrogen and oxygen atoms in total. The number of hydrogen-bond donors (Lipinski definition) is 1. The van der Waals surface area contributed by atoms with E-state index in [4.69, 9.17) is 0 Å². The first-order chi connectivity index (χ1) is 10.5. The number of unbranched alkanes of at least 4 members (excludes halogenated alkanes) is 4. The molecule has 6 heteroatoms. The van der Waals surface area contributed by atoms with Crippen molar-refractivity contribution >= 4 is 5.97 Å². The summed E-state index contributed by atoms with van der Waals surface area (Å²) < 4.78 is 4.48. The van der Waals surface area contributed by atoms with Crippen molar-refractivity contribution in [3.63, 3.8) is 0 Å². The van der Waals surface area contributed by atoms with Gasteiger partial charge in [0.25, 0.3) is 0 Å². The number of aliphatic hydroxyl groups excluding tert-OH is 1. The van der Waals surface area contributed by atoms with Crippen molar-refractivity contribution in [3.05, 3.63) is 34.4 Å². The summed E-state index contributed by atoms with van der Waals surface area (Å²) in [5, 5.41) is 20.1. The fourth-order valence-electron chi connectivity index (χ4n) is 1.83. The highest BCUT2D eigenvalue weighted by Crippen LogP contribution is 2.09. The minimum absolute atomic E-state index is 0.330. The number of esters is 1. The maximum Gasteiger partial charge on any atom is 0.330 e. The second kappa shape index (κ2) is 13.0. The van der Waals surface area contributed by atoms with Crippen LogP contribution in [-0.2, 0) is 9.53 Å². The third-order valence-corrected chi connectivity index (χ3v) is 3.37. The van der Waals surface area contributed by atoms with Gasteiger partial charge in [-0.3, -0.25) is 10.1 Å². The summed E-state index contributed by atoms with van der Waals surface area (Å²) in [7, 11) is 1.35. The Morgan fingerprint density at radius 3 is 2.36 bits per heavy atom. The van der Waals surface area contributed by atoms with Crippen molar-refractivity contribution < 1.29 is 19.6 Å². The van der Waals surface area contributed by atoms with Gasteiger partial charge in [0.15, 0.2) is 0 Å². The number of nitro groups is 1. The third kappa shape index (κ3) is 11.0. The normalized spacial score (nSPS) is 14.3. The SMILES string of the molecule is COC(=O)/C=C/CCC/C=C\CCCCC(O)C(C)[N+](=O)[O-]. The van der Waals surface area contributed by atoms with Crippen LogP contribution < -0.4 is 0 Å². The average molecular weight is 313 g/mol. The Morgan fingerprint density at radius 2 is 1.77 bits per heavy atom. The molecule has 0 fully saturated rings. The van der Waals surface area contributed by atoms with Gasteiger partial charge in [-0.05, 0) is 38.5 Å². The molecule has 2 unspecified atom stereocenters. The van der Waals surface area contributed by atoms with Crippen molar-refractivity contribution in [1.82, 2.24) is 0 Å². The van der Waals surface area contributed by atoms with Crippen molar-refractivity contribution in [1.29, 1.82) is 0 Å². The third-order valence-electron chi connectivity index (χ3n) is 3.37. The molecule has 0 saturated carbocycles. The molecule has 0 aliphatic carbocycles. The van der Waals surface area contributed by atoms with Crippen LogP contribution in [0.15, 0.2) is 24.3 Å². The summed E-state index contributed by atoms with van der Waals surface area (Å²) in [5.41, 5.74) is 0. The Balaban J connectivity index is 3.50. The molecule has 0 aromatic heterocycles. The summed E-state index contributed by atoms with van der Waals surface area (Å²) in [5.74, 6) is -0.330. The maximum absolute atomic E-state index is 10.8. The highest BCUT2D eigenvalue weighted by Gasteiger charge is 2.22. The van der Waals surface area contributed by atoms with Crippen LogP contribution in [0.1, 0.15) is 51.9 Å². The minimum Gasteiger partial charge on any atom is -0.466 e. The zero-order chi connectivity index (χ0) is 16.8. The zero-order valence-corrected chi connectivity index (χ0v) is 13.4. The molecule has 0 aliphatic rings. The Hall–Kier alpha value is -1.69. The van der Waals surface area contributed by atoms with Crippen LogP contribution in [-0.4, -0.2) is 35.3 Å². The van der Waals surface area contributed by atoms with E-state index in [2.05, 4.69) is 16.9 Å². The number of rotatable bonds is 12. The largest absolute Gasteiger partial charge is 0.466 e. The van der Waals surface area contributed by atoms with Gasteiger partial charge in [0.1, 0.15) is 6.10 Å². The van der Waals surface area contributed by atoms with Gasteiger partial charge in [-0.2, -0.15) is 0 Å². The average Bonchev–Trinajstić information content (AvgIpc) is 2.50. The summed E-state index contributed by atoms with van der Waals surface area (Å²) in [4.78, 5) is 20.8. The van der Waals surface area contributed by atoms with Gasteiger partial charge in [0.05, 0.1) is 7.11 Å². The summed E-state index contributed by atoms with van der Waals surface area (Å²) in [6, 6.07) is -0.895. The van der Waals surface area contributed by atoms with Crippen LogP contribution in [0.3, 0.4) is 0 Å². The summed E-state index contributed by atoms with van der Waals surface area (Å²) >= 11 is 0. The molecule has 0 aliphatic heterocycles. The molecule has 1 N–H and O–H groups in total. The van der Waals surface area contributed by atoms with Crippen LogP contribution in [0.25, 0.3) is 0 Å². The Morgan fingerprint density at radius 1 is 1.18 bits per heavy atom. The van der Waals surface area contributed by atoms with E-state index in [0.717, 1.165) is 38.5 Å². The number of hydrogen-bond acceptors (Lipinski definition) is 5. The van der Waals surface area contributed by atoms with E-state index in [-0.39, 0.29) is 5.97 Å². The Kier molecular flexibility index (Phi) is 12.0. The predicted octanol–water partition coefficient (Wildman–Crippen LogP) is 3.03. The molecule has 0 aromatic rings. The minimum atomic E-state index is -0.895. The standard InChI is InChI=1S/C16H27NO5/c1-14(17(20)21)15(18)12-10-8-6-4-3-5-7-9-11-13-16(19)22-2/h3-4,11,13-15,18H,5-10,12H2,1-2H3/b4-3-,13-11+. The lowest BCUT2D eigenvalue weighted by Gasteiger charge is -2.11. The van der Waals surface area contributed by atoms with E-state index in [1.54, 1.807) is 6.08 Å². The van der Waals surface area contributed by atoms with Gasteiger partial charge in [-0.15, -0.1) is 0 Å². The lowest BCUT2D eigenvalue weighted by molar-refractivity contribution is -0.530. The van der Waals surface area contributed by atoms with Crippen LogP contribution in [0.5, 0.6) is 0 Å². The number of nitrogens with zero attached hydrogens (tertiary/aromatic N) is 1. The van der Waals surface area contributed by atoms with Gasteiger partial charge in [0.2, 0.25) is 6.04 Å². The van der Waals surface area contributed by atoms with E-state index in [1.807, 2.05) is 0 Å². The Bertz CT molecular complexity index is 379. The molecule has 0 radical (unpaired) electrons. The highest BCUT2D eigenvalue weighted by molar-refractivity contribution is 5.81. The van der Waals surface area contributed by atoms with E-state index in [0.29, 0.717) is 6.42 Å². The number of aliphatic hydroxyl groups is 1. The van der Waals surface area contributed by atoms with E-state index < -0.39 is 17.1 Å². The molecular formula is C16H27NO5. The monoisotopic (exact) mass is 313 g/mol. The molecule has 0 aromatic carbocycles. The first-order valence-electron chi connectivity index (χ1n) is 7.70. The fraction of sp³-hybridized carbons (Fsp3) is 0.688. The van der Waals surface area contributed by atoms with E-state index in [9.17, 15) is 20.0 Å². The summed E-state index contributed by atoms with van der Waals surface area (Å²) in [6.07, 6.45) is 12.4. The van der Waals surface area contributed by atoms with Gasteiger partial charge in [0, 0.05) is 17.9 Å². The first-order valence-corrected chi connectivity index (χ1v) is 7.70. The lowest BCUT2D eigenvalue weighted by atomic mass is 10.1. The number of allylic oxidation sites excluding steroid dienone is 3. The quantitative estimate of drug-likeness (QED) is 0.149. The van der Waals surface area contributed by atoms with E-state index >= 15 is 0 Å². The highest BCUT2D eigenvalue weighted by atomic mass is 16.6. The van der Waals surface area contributed by atoms with Crippen LogP contribution >= 0.6 is 0 Å². The molecule has 0 bridgehead atoms. The van der Waals surface area contributed by atoms with Crippen molar-refractivity contribution in [2.24, 2.45) is 0 Å². The first kappa shape index (κ1) is 20.3. The second-order valence-corrected chi connectivity index (χ2v) is 5.21. The van der Waals surface area contributed by atoms with Crippen molar-refractivity contribution in [3.8, 4) is 0 Å². The molecule has 0 saturated heterocycles. The van der Waals surface area contributed by atoms with Gasteiger partial charge >= 0.3 is 5.97 Å². The molecule has 0 amide bonds. The second-order valence-electron chi connectivity index (χ2n) is 5.21. The fourth-order valence-corrected chi connectivity index (χ4v) is 1.83. The topological polar surface area (TPSA) is 89.7 Å². The number of ether oxygens (including phenoxy) is 1. The van der Waals surface area contributed by atoms with Crippen LogP contribution in [0.4, 0.5) is 0 Å². The zero-order valence-electron chi connectivity index (χ0n) is 13.4. The van der Waals surface area contributed by atoms with Gasteiger partial charge < -0.3 is 9.84 Å². The van der Waals surface area contributed by atoms with E-state index in [1.165, 1.54) is 20.1 Å². The molecule has 0 heterocycles. The Labute approximate surface area is 132 Å². The van der Waals surface area contributed by atoms with Gasteiger partial charge in [-0.1, -0.05) is 24.6 Å².